The number of carbonyl (C=O) groups excluding carboxylic acids is 2. The Morgan fingerprint density at radius 3 is 2.65 bits per heavy atom. The fourth-order valence-electron chi connectivity index (χ4n) is 4.98. The molecule has 216 valence electrons. The van der Waals surface area contributed by atoms with Crippen molar-refractivity contribution in [1.29, 1.82) is 0 Å². The molecule has 7 nitrogen and oxygen atoms in total. The van der Waals surface area contributed by atoms with Crippen LogP contribution in [0.5, 0.6) is 5.75 Å². The molecule has 3 rings (SSSR count). The zero-order chi connectivity index (χ0) is 28.7. The lowest BCUT2D eigenvalue weighted by atomic mass is 9.89. The molecule has 0 unspecified atom stereocenters. The van der Waals surface area contributed by atoms with Gasteiger partial charge in [0, 0.05) is 24.3 Å². The largest absolute Gasteiger partial charge is 0.490 e. The first kappa shape index (κ1) is 31.3. The Bertz CT molecular complexity index is 1110. The highest BCUT2D eigenvalue weighted by Crippen LogP contribution is 2.36. The molecule has 1 fully saturated rings. The first-order valence-corrected chi connectivity index (χ1v) is 14.1. The van der Waals surface area contributed by atoms with Crippen LogP contribution in [0.3, 0.4) is 0 Å². The van der Waals surface area contributed by atoms with Gasteiger partial charge in [0.2, 0.25) is 0 Å². The molecule has 7 heteroatoms. The maximum atomic E-state index is 12.0. The number of ether oxygens (including phenoxy) is 2. The molecule has 0 aromatic heterocycles. The standard InChI is InChI=1S/C33H42O7/c1-24-13-14-26(23-34)21-32(24)39-19-20-40-33(38)12-8-3-2-7-11-28-29(31(37)22-30(28)36)18-17-27(35)16-15-25-9-5-4-6-10-25/h2,4-7,9-10,13-14,17-18,21,23,27-31,35-37H,3,8,11-12,15-16,19-20,22H2,1H3/t27-,28+,29+,30-,31+/m0/s1. The summed E-state index contributed by atoms with van der Waals surface area (Å²) in [6, 6.07) is 15.2. The molecule has 1 saturated carbocycles. The van der Waals surface area contributed by atoms with Crippen LogP contribution < -0.4 is 4.74 Å². The number of esters is 1. The van der Waals surface area contributed by atoms with Gasteiger partial charge >= 0.3 is 5.97 Å². The second-order valence-electron chi connectivity index (χ2n) is 10.4. The van der Waals surface area contributed by atoms with E-state index in [1.165, 1.54) is 5.56 Å². The number of hydrogen-bond acceptors (Lipinski definition) is 7. The van der Waals surface area contributed by atoms with Crippen molar-refractivity contribution < 1.29 is 34.4 Å². The highest BCUT2D eigenvalue weighted by atomic mass is 16.6. The molecule has 1 aliphatic rings. The Labute approximate surface area is 237 Å². The van der Waals surface area contributed by atoms with Gasteiger partial charge in [-0.15, -0.1) is 0 Å². The summed E-state index contributed by atoms with van der Waals surface area (Å²) in [5.41, 5.74) is 2.61. The molecule has 0 bridgehead atoms. The molecular weight excluding hydrogens is 508 g/mol. The molecule has 40 heavy (non-hydrogen) atoms. The van der Waals surface area contributed by atoms with E-state index in [9.17, 15) is 24.9 Å². The van der Waals surface area contributed by atoms with Crippen LogP contribution in [0.25, 0.3) is 0 Å². The molecule has 0 amide bonds. The second kappa shape index (κ2) is 16.8. The van der Waals surface area contributed by atoms with E-state index in [1.54, 1.807) is 18.2 Å². The van der Waals surface area contributed by atoms with E-state index >= 15 is 0 Å². The fraction of sp³-hybridized carbons (Fsp3) is 0.455. The average Bonchev–Trinajstić information content (AvgIpc) is 3.23. The van der Waals surface area contributed by atoms with E-state index in [0.717, 1.165) is 18.3 Å². The van der Waals surface area contributed by atoms with Crippen molar-refractivity contribution in [2.75, 3.05) is 13.2 Å². The average molecular weight is 551 g/mol. The maximum Gasteiger partial charge on any atom is 0.305 e. The first-order valence-electron chi connectivity index (χ1n) is 14.1. The van der Waals surface area contributed by atoms with Crippen LogP contribution in [0.1, 0.15) is 60.0 Å². The van der Waals surface area contributed by atoms with Gasteiger partial charge in [0.05, 0.1) is 18.3 Å². The Morgan fingerprint density at radius 1 is 1.07 bits per heavy atom. The van der Waals surface area contributed by atoms with Crippen LogP contribution >= 0.6 is 0 Å². The first-order chi connectivity index (χ1) is 19.4. The third kappa shape index (κ3) is 10.4. The zero-order valence-electron chi connectivity index (χ0n) is 23.2. The Balaban J connectivity index is 1.32. The number of aldehydes is 1. The van der Waals surface area contributed by atoms with Gasteiger partial charge in [-0.3, -0.25) is 9.59 Å². The quantitative estimate of drug-likeness (QED) is 0.120. The minimum Gasteiger partial charge on any atom is -0.490 e. The van der Waals surface area contributed by atoms with Crippen molar-refractivity contribution in [2.45, 2.75) is 70.2 Å². The lowest BCUT2D eigenvalue weighted by Crippen LogP contribution is -2.20. The number of allylic oxidation sites excluding steroid dienone is 2. The van der Waals surface area contributed by atoms with Crippen LogP contribution in [0.2, 0.25) is 0 Å². The summed E-state index contributed by atoms with van der Waals surface area (Å²) in [5, 5.41) is 31.3. The smallest absolute Gasteiger partial charge is 0.305 e. The van der Waals surface area contributed by atoms with Crippen molar-refractivity contribution in [2.24, 2.45) is 11.8 Å². The van der Waals surface area contributed by atoms with Crippen molar-refractivity contribution in [3.05, 3.63) is 89.5 Å². The van der Waals surface area contributed by atoms with E-state index in [2.05, 4.69) is 0 Å². The Kier molecular flexibility index (Phi) is 13.1. The Morgan fingerprint density at radius 2 is 1.88 bits per heavy atom. The third-order valence-electron chi connectivity index (χ3n) is 7.32. The molecule has 3 N–H and O–H groups in total. The lowest BCUT2D eigenvalue weighted by Gasteiger charge is -2.19. The Hall–Kier alpha value is -3.26. The summed E-state index contributed by atoms with van der Waals surface area (Å²) in [6.45, 7) is 2.23. The number of benzene rings is 2. The molecule has 0 spiro atoms. The molecule has 2 aromatic carbocycles. The van der Waals surface area contributed by atoms with Gasteiger partial charge in [-0.2, -0.15) is 0 Å². The van der Waals surface area contributed by atoms with Crippen molar-refractivity contribution in [1.82, 2.24) is 0 Å². The summed E-state index contributed by atoms with van der Waals surface area (Å²) < 4.78 is 10.8. The number of carbonyl (C=O) groups is 2. The van der Waals surface area contributed by atoms with E-state index in [4.69, 9.17) is 9.47 Å². The van der Waals surface area contributed by atoms with Crippen LogP contribution in [-0.2, 0) is 16.0 Å². The van der Waals surface area contributed by atoms with Gasteiger partial charge in [-0.05, 0) is 62.1 Å². The predicted molar refractivity (Wildman–Crippen MR) is 154 cm³/mol. The molecule has 1 aliphatic carbocycles. The zero-order valence-corrected chi connectivity index (χ0v) is 23.2. The molecule has 2 aromatic rings. The van der Waals surface area contributed by atoms with E-state index in [-0.39, 0.29) is 31.0 Å². The van der Waals surface area contributed by atoms with Crippen LogP contribution in [-0.4, -0.2) is 59.1 Å². The summed E-state index contributed by atoms with van der Waals surface area (Å²) in [4.78, 5) is 22.9. The normalized spacial score (nSPS) is 21.6. The number of aliphatic hydroxyl groups is 3. The number of unbranched alkanes of at least 4 members (excludes halogenated alkanes) is 1. The van der Waals surface area contributed by atoms with Gasteiger partial charge < -0.3 is 24.8 Å². The van der Waals surface area contributed by atoms with E-state index in [0.29, 0.717) is 49.8 Å². The summed E-state index contributed by atoms with van der Waals surface area (Å²) >= 11 is 0. The van der Waals surface area contributed by atoms with Gasteiger partial charge in [-0.25, -0.2) is 0 Å². The van der Waals surface area contributed by atoms with Gasteiger partial charge in [0.15, 0.2) is 0 Å². The molecule has 0 aliphatic heterocycles. The summed E-state index contributed by atoms with van der Waals surface area (Å²) in [7, 11) is 0. The highest BCUT2D eigenvalue weighted by Gasteiger charge is 2.39. The number of aliphatic hydroxyl groups excluding tert-OH is 3. The SMILES string of the molecule is Cc1ccc(C=O)cc1OCCOC(=O)CCCC=CC[C@@H]1[C@@H](C=C[C@@H](O)CCc2ccccc2)[C@H](O)C[C@@H]1O. The van der Waals surface area contributed by atoms with Gasteiger partial charge in [-0.1, -0.05) is 66.8 Å². The molecule has 0 saturated heterocycles. The van der Waals surface area contributed by atoms with Gasteiger partial charge in [0.1, 0.15) is 25.2 Å². The minimum atomic E-state index is -0.636. The number of rotatable bonds is 16. The van der Waals surface area contributed by atoms with E-state index in [1.807, 2.05) is 61.5 Å². The number of hydrogen-bond donors (Lipinski definition) is 3. The van der Waals surface area contributed by atoms with Crippen molar-refractivity contribution >= 4 is 12.3 Å². The van der Waals surface area contributed by atoms with Crippen LogP contribution in [0.4, 0.5) is 0 Å². The monoisotopic (exact) mass is 550 g/mol. The summed E-state index contributed by atoms with van der Waals surface area (Å²) in [5.74, 6) is -0.0269. The third-order valence-corrected chi connectivity index (χ3v) is 7.32. The topological polar surface area (TPSA) is 113 Å². The van der Waals surface area contributed by atoms with Crippen LogP contribution in [0.15, 0.2) is 72.8 Å². The molecule has 5 atom stereocenters. The lowest BCUT2D eigenvalue weighted by molar-refractivity contribution is -0.144. The van der Waals surface area contributed by atoms with E-state index < -0.39 is 18.3 Å². The van der Waals surface area contributed by atoms with Gasteiger partial charge in [0.25, 0.3) is 0 Å². The minimum absolute atomic E-state index is 0.121. The fourth-order valence-corrected chi connectivity index (χ4v) is 4.98. The highest BCUT2D eigenvalue weighted by molar-refractivity contribution is 5.75. The van der Waals surface area contributed by atoms with Crippen LogP contribution in [0, 0.1) is 18.8 Å². The maximum absolute atomic E-state index is 12.0. The van der Waals surface area contributed by atoms with Crippen molar-refractivity contribution in [3.63, 3.8) is 0 Å². The number of aryl methyl sites for hydroxylation is 2. The molecular formula is C33H42O7. The summed E-state index contributed by atoms with van der Waals surface area (Å²) in [6.07, 6.45) is 10.4. The predicted octanol–water partition coefficient (Wildman–Crippen LogP) is 4.75. The second-order valence-corrected chi connectivity index (χ2v) is 10.4. The molecule has 0 radical (unpaired) electrons. The van der Waals surface area contributed by atoms with Crippen molar-refractivity contribution in [3.8, 4) is 5.75 Å². The molecule has 0 heterocycles.